The number of H-pyrrole nitrogens is 1. The zero-order valence-corrected chi connectivity index (χ0v) is 13.3. The van der Waals surface area contributed by atoms with Gasteiger partial charge in [0, 0.05) is 29.8 Å². The fourth-order valence-electron chi connectivity index (χ4n) is 3.84. The number of nitrogens with zero attached hydrogens (tertiary/aromatic N) is 5. The first-order valence-corrected chi connectivity index (χ1v) is 7.78. The molecule has 3 aromatic heterocycles. The molecule has 0 radical (unpaired) electrons. The summed E-state index contributed by atoms with van der Waals surface area (Å²) in [6.45, 7) is 1.97. The molecular weight excluding hydrogens is 300 g/mol. The van der Waals surface area contributed by atoms with Crippen LogP contribution in [-0.4, -0.2) is 24.7 Å². The van der Waals surface area contributed by atoms with Crippen molar-refractivity contribution < 1.29 is 0 Å². The molecule has 0 bridgehead atoms. The van der Waals surface area contributed by atoms with Crippen LogP contribution in [0.4, 0.5) is 0 Å². The monoisotopic (exact) mass is 316 g/mol. The summed E-state index contributed by atoms with van der Waals surface area (Å²) < 4.78 is 1.92. The average Bonchev–Trinajstić information content (AvgIpc) is 3.22. The van der Waals surface area contributed by atoms with Gasteiger partial charge in [0.05, 0.1) is 28.9 Å². The second-order valence-electron chi connectivity index (χ2n) is 6.77. The van der Waals surface area contributed by atoms with Crippen LogP contribution in [0, 0.1) is 29.1 Å². The number of hydrogen-bond acceptors (Lipinski definition) is 4. The number of fused-ring (bicyclic) bond motifs is 1. The summed E-state index contributed by atoms with van der Waals surface area (Å²) in [4.78, 5) is 11.7. The van der Waals surface area contributed by atoms with E-state index in [2.05, 4.69) is 32.0 Å². The van der Waals surface area contributed by atoms with Gasteiger partial charge in [-0.3, -0.25) is 4.68 Å². The molecule has 1 aliphatic rings. The topological polar surface area (TPSA) is 83.2 Å². The second-order valence-corrected chi connectivity index (χ2v) is 6.77. The largest absolute Gasteiger partial charge is 0.346 e. The molecule has 0 unspecified atom stereocenters. The molecule has 0 spiro atoms. The number of terminal acetylenes is 1. The normalized spacial score (nSPS) is 25.8. The van der Waals surface area contributed by atoms with Gasteiger partial charge < -0.3 is 4.98 Å². The molecule has 1 fully saturated rings. The van der Waals surface area contributed by atoms with Crippen molar-refractivity contribution in [3.8, 4) is 29.7 Å². The van der Waals surface area contributed by atoms with Gasteiger partial charge in [0.2, 0.25) is 0 Å². The first-order valence-electron chi connectivity index (χ1n) is 7.78. The molecule has 0 aliphatic heterocycles. The number of nitrogens with one attached hydrogen (secondary N) is 1. The third kappa shape index (κ3) is 2.00. The Labute approximate surface area is 139 Å². The van der Waals surface area contributed by atoms with E-state index in [9.17, 15) is 5.26 Å². The Bertz CT molecular complexity index is 990. The van der Waals surface area contributed by atoms with Crippen LogP contribution in [0.1, 0.15) is 26.2 Å². The molecule has 1 saturated carbocycles. The third-order valence-electron chi connectivity index (χ3n) is 4.84. The molecule has 1 N–H and O–H groups in total. The number of hydrogen-bond donors (Lipinski definition) is 1. The van der Waals surface area contributed by atoms with Gasteiger partial charge in [0.15, 0.2) is 0 Å². The minimum atomic E-state index is -0.328. The molecule has 0 atom stereocenters. The first-order chi connectivity index (χ1) is 11.6. The average molecular weight is 316 g/mol. The van der Waals surface area contributed by atoms with E-state index < -0.39 is 0 Å². The maximum atomic E-state index is 9.32. The molecule has 118 valence electrons. The Morgan fingerprint density at radius 2 is 2.25 bits per heavy atom. The van der Waals surface area contributed by atoms with Gasteiger partial charge in [-0.2, -0.15) is 10.4 Å². The summed E-state index contributed by atoms with van der Waals surface area (Å²) in [5, 5.41) is 14.8. The van der Waals surface area contributed by atoms with E-state index in [1.165, 1.54) is 0 Å². The van der Waals surface area contributed by atoms with Crippen molar-refractivity contribution in [2.45, 2.75) is 31.7 Å². The summed E-state index contributed by atoms with van der Waals surface area (Å²) in [6, 6.07) is 4.34. The van der Waals surface area contributed by atoms with Crippen molar-refractivity contribution in [1.82, 2.24) is 24.7 Å². The first kappa shape index (κ1) is 14.5. The van der Waals surface area contributed by atoms with Crippen molar-refractivity contribution in [3.05, 3.63) is 31.0 Å². The Balaban J connectivity index is 1.74. The van der Waals surface area contributed by atoms with E-state index in [-0.39, 0.29) is 11.0 Å². The standard InChI is InChI=1S/C18H16N6/c1-3-5-18(9-17(2,10-18)11-19)24-8-13(7-23-24)15-14-4-6-20-16(14)22-12-21-15/h1,4,6-8,12H,5,9-10H2,2H3,(H,20,21,22). The highest BCUT2D eigenvalue weighted by Crippen LogP contribution is 2.54. The van der Waals surface area contributed by atoms with Gasteiger partial charge in [-0.05, 0) is 25.8 Å². The summed E-state index contributed by atoms with van der Waals surface area (Å²) >= 11 is 0. The molecule has 6 heteroatoms. The van der Waals surface area contributed by atoms with E-state index in [0.29, 0.717) is 19.3 Å². The lowest BCUT2D eigenvalue weighted by molar-refractivity contribution is 0.0202. The molecular formula is C18H16N6. The number of aromatic nitrogens is 5. The highest BCUT2D eigenvalue weighted by Gasteiger charge is 2.53. The predicted octanol–water partition coefficient (Wildman–Crippen LogP) is 2.86. The molecule has 4 rings (SSSR count). The van der Waals surface area contributed by atoms with E-state index in [1.54, 1.807) is 12.5 Å². The Morgan fingerprint density at radius 3 is 3.00 bits per heavy atom. The van der Waals surface area contributed by atoms with Crippen LogP contribution in [0.25, 0.3) is 22.3 Å². The fourth-order valence-corrected chi connectivity index (χ4v) is 3.84. The highest BCUT2D eigenvalue weighted by molar-refractivity contribution is 5.89. The third-order valence-corrected chi connectivity index (χ3v) is 4.84. The number of rotatable bonds is 3. The van der Waals surface area contributed by atoms with Crippen LogP contribution in [0.5, 0.6) is 0 Å². The Hall–Kier alpha value is -3.12. The van der Waals surface area contributed by atoms with Crippen molar-refractivity contribution in [2.75, 3.05) is 0 Å². The van der Waals surface area contributed by atoms with Crippen LogP contribution in [0.2, 0.25) is 0 Å². The van der Waals surface area contributed by atoms with E-state index in [0.717, 1.165) is 22.3 Å². The van der Waals surface area contributed by atoms with Crippen LogP contribution < -0.4 is 0 Å². The van der Waals surface area contributed by atoms with Gasteiger partial charge >= 0.3 is 0 Å². The van der Waals surface area contributed by atoms with E-state index in [4.69, 9.17) is 6.42 Å². The van der Waals surface area contributed by atoms with Crippen LogP contribution >= 0.6 is 0 Å². The molecule has 0 amide bonds. The van der Waals surface area contributed by atoms with Gasteiger partial charge in [-0.25, -0.2) is 9.97 Å². The SMILES string of the molecule is C#CCC1(n2cc(-c3ncnc4[nH]ccc34)cn2)CC(C)(C#N)C1. The van der Waals surface area contributed by atoms with Crippen LogP contribution in [0.3, 0.4) is 0 Å². The minimum absolute atomic E-state index is 0.276. The molecule has 24 heavy (non-hydrogen) atoms. The number of nitriles is 1. The van der Waals surface area contributed by atoms with Crippen molar-refractivity contribution >= 4 is 11.0 Å². The zero-order valence-electron chi connectivity index (χ0n) is 13.3. The van der Waals surface area contributed by atoms with Gasteiger partial charge in [0.25, 0.3) is 0 Å². The smallest absolute Gasteiger partial charge is 0.141 e. The van der Waals surface area contributed by atoms with Gasteiger partial charge in [-0.1, -0.05) is 0 Å². The van der Waals surface area contributed by atoms with Gasteiger partial charge in [0.1, 0.15) is 12.0 Å². The number of aromatic amines is 1. The Morgan fingerprint density at radius 1 is 1.42 bits per heavy atom. The summed E-state index contributed by atoms with van der Waals surface area (Å²) in [5.74, 6) is 2.74. The molecule has 0 aromatic carbocycles. The molecule has 3 heterocycles. The minimum Gasteiger partial charge on any atom is -0.346 e. The van der Waals surface area contributed by atoms with Crippen molar-refractivity contribution in [3.63, 3.8) is 0 Å². The molecule has 1 aliphatic carbocycles. The molecule has 3 aromatic rings. The lowest BCUT2D eigenvalue weighted by Crippen LogP contribution is -2.51. The highest BCUT2D eigenvalue weighted by atomic mass is 15.3. The summed E-state index contributed by atoms with van der Waals surface area (Å²) in [6.07, 6.45) is 14.7. The lowest BCUT2D eigenvalue weighted by atomic mass is 9.58. The molecule has 0 saturated heterocycles. The maximum absolute atomic E-state index is 9.32. The van der Waals surface area contributed by atoms with E-state index >= 15 is 0 Å². The summed E-state index contributed by atoms with van der Waals surface area (Å²) in [5.41, 5.74) is 1.95. The van der Waals surface area contributed by atoms with Crippen LogP contribution in [-0.2, 0) is 5.54 Å². The van der Waals surface area contributed by atoms with Crippen LogP contribution in [0.15, 0.2) is 31.0 Å². The fraction of sp³-hybridized carbons (Fsp3) is 0.333. The van der Waals surface area contributed by atoms with Crippen molar-refractivity contribution in [1.29, 1.82) is 5.26 Å². The summed E-state index contributed by atoms with van der Waals surface area (Å²) in [7, 11) is 0. The van der Waals surface area contributed by atoms with Crippen molar-refractivity contribution in [2.24, 2.45) is 5.41 Å². The second kappa shape index (κ2) is 4.94. The Kier molecular flexibility index (Phi) is 2.98. The molecule has 6 nitrogen and oxygen atoms in total. The van der Waals surface area contributed by atoms with E-state index in [1.807, 2.05) is 30.1 Å². The lowest BCUT2D eigenvalue weighted by Gasteiger charge is -2.50. The predicted molar refractivity (Wildman–Crippen MR) is 89.5 cm³/mol. The quantitative estimate of drug-likeness (QED) is 0.753. The zero-order chi connectivity index (χ0) is 16.8. The van der Waals surface area contributed by atoms with Gasteiger partial charge in [-0.15, -0.1) is 12.3 Å². The maximum Gasteiger partial charge on any atom is 0.141 e.